The lowest BCUT2D eigenvalue weighted by Crippen LogP contribution is -2.29. The smallest absolute Gasteiger partial charge is 0.271 e. The highest BCUT2D eigenvalue weighted by Gasteiger charge is 2.22. The number of hydrogen-bond acceptors (Lipinski definition) is 6. The van der Waals surface area contributed by atoms with Crippen LogP contribution in [0.2, 0.25) is 0 Å². The summed E-state index contributed by atoms with van der Waals surface area (Å²) in [5.74, 6) is -0.268. The van der Waals surface area contributed by atoms with Gasteiger partial charge >= 0.3 is 0 Å². The Labute approximate surface area is 189 Å². The zero-order chi connectivity index (χ0) is 22.7. The summed E-state index contributed by atoms with van der Waals surface area (Å²) in [5.41, 5.74) is 1.60. The molecule has 0 atom stereocenters. The molecule has 166 valence electrons. The van der Waals surface area contributed by atoms with Gasteiger partial charge in [-0.2, -0.15) is 0 Å². The summed E-state index contributed by atoms with van der Waals surface area (Å²) in [6.45, 7) is 1.78. The van der Waals surface area contributed by atoms with Gasteiger partial charge in [0.2, 0.25) is 5.91 Å². The van der Waals surface area contributed by atoms with E-state index in [1.54, 1.807) is 29.7 Å². The monoisotopic (exact) mass is 452 g/mol. The summed E-state index contributed by atoms with van der Waals surface area (Å²) in [7, 11) is 0. The number of nitro groups is 1. The Morgan fingerprint density at radius 2 is 1.97 bits per heavy atom. The van der Waals surface area contributed by atoms with Crippen molar-refractivity contribution in [1.29, 1.82) is 0 Å². The van der Waals surface area contributed by atoms with E-state index in [-0.39, 0.29) is 28.9 Å². The van der Waals surface area contributed by atoms with Crippen LogP contribution in [0.5, 0.6) is 0 Å². The van der Waals surface area contributed by atoms with Gasteiger partial charge in [0.25, 0.3) is 11.2 Å². The van der Waals surface area contributed by atoms with Crippen molar-refractivity contribution in [1.82, 2.24) is 9.55 Å². The van der Waals surface area contributed by atoms with Crippen LogP contribution in [0.3, 0.4) is 0 Å². The predicted molar refractivity (Wildman–Crippen MR) is 125 cm³/mol. The average Bonchev–Trinajstić information content (AvgIpc) is 2.79. The van der Waals surface area contributed by atoms with Gasteiger partial charge in [-0.15, -0.1) is 0 Å². The summed E-state index contributed by atoms with van der Waals surface area (Å²) in [6, 6.07) is 11.7. The molecule has 1 fully saturated rings. The van der Waals surface area contributed by atoms with Crippen molar-refractivity contribution >= 4 is 39.9 Å². The molecule has 0 aliphatic heterocycles. The van der Waals surface area contributed by atoms with Gasteiger partial charge in [-0.1, -0.05) is 49.2 Å². The van der Waals surface area contributed by atoms with Crippen molar-refractivity contribution < 1.29 is 9.72 Å². The maximum atomic E-state index is 13.3. The van der Waals surface area contributed by atoms with Crippen LogP contribution < -0.4 is 10.9 Å². The number of carbonyl (C=O) groups excluding carboxylic acids is 1. The molecule has 1 aromatic heterocycles. The second-order valence-corrected chi connectivity index (χ2v) is 8.91. The first kappa shape index (κ1) is 22.0. The molecular weight excluding hydrogens is 428 g/mol. The van der Waals surface area contributed by atoms with Crippen LogP contribution in [0.15, 0.2) is 52.4 Å². The van der Waals surface area contributed by atoms with Gasteiger partial charge in [-0.25, -0.2) is 4.98 Å². The highest BCUT2D eigenvalue weighted by molar-refractivity contribution is 7.99. The van der Waals surface area contributed by atoms with Crippen molar-refractivity contribution in [3.05, 3.63) is 68.5 Å². The number of aryl methyl sites for hydroxylation is 1. The lowest BCUT2D eigenvalue weighted by Gasteiger charge is -2.26. The third-order valence-electron chi connectivity index (χ3n) is 5.75. The Balaban J connectivity index is 1.58. The number of nitrogens with zero attached hydrogens (tertiary/aromatic N) is 3. The number of anilines is 1. The van der Waals surface area contributed by atoms with E-state index >= 15 is 0 Å². The standard InChI is InChI=1S/C23H24N4O4S/c1-15-11-12-17(27(30)31)13-20(15)24-21(28)14-32-23-25-19-10-6-5-9-18(19)22(29)26(23)16-7-3-2-4-8-16/h5-6,9-13,16H,2-4,7-8,14H2,1H3,(H,24,28). The molecule has 0 radical (unpaired) electrons. The van der Waals surface area contributed by atoms with Crippen LogP contribution in [-0.4, -0.2) is 26.1 Å². The van der Waals surface area contributed by atoms with E-state index in [1.165, 1.54) is 30.3 Å². The molecule has 1 heterocycles. The number of rotatable bonds is 6. The maximum absolute atomic E-state index is 13.3. The summed E-state index contributed by atoms with van der Waals surface area (Å²) in [5, 5.41) is 14.9. The maximum Gasteiger partial charge on any atom is 0.271 e. The van der Waals surface area contributed by atoms with Gasteiger partial charge < -0.3 is 5.32 Å². The molecule has 0 bridgehead atoms. The third-order valence-corrected chi connectivity index (χ3v) is 6.71. The number of fused-ring (bicyclic) bond motifs is 1. The molecule has 1 saturated carbocycles. The molecule has 1 aliphatic carbocycles. The zero-order valence-corrected chi connectivity index (χ0v) is 18.6. The van der Waals surface area contributed by atoms with Crippen molar-refractivity contribution in [2.24, 2.45) is 0 Å². The van der Waals surface area contributed by atoms with Crippen LogP contribution in [0.25, 0.3) is 10.9 Å². The molecule has 4 rings (SSSR count). The van der Waals surface area contributed by atoms with Crippen LogP contribution in [0, 0.1) is 17.0 Å². The quantitative estimate of drug-likeness (QED) is 0.248. The van der Waals surface area contributed by atoms with E-state index in [4.69, 9.17) is 4.98 Å². The van der Waals surface area contributed by atoms with Crippen LogP contribution >= 0.6 is 11.8 Å². The van der Waals surface area contributed by atoms with Gasteiger partial charge in [-0.05, 0) is 37.5 Å². The molecule has 0 unspecified atom stereocenters. The Bertz CT molecular complexity index is 1230. The Hall–Kier alpha value is -3.20. The summed E-state index contributed by atoms with van der Waals surface area (Å²) < 4.78 is 1.76. The largest absolute Gasteiger partial charge is 0.325 e. The molecule has 0 saturated heterocycles. The van der Waals surface area contributed by atoms with E-state index in [1.807, 2.05) is 12.1 Å². The van der Waals surface area contributed by atoms with Crippen molar-refractivity contribution in [3.63, 3.8) is 0 Å². The first-order valence-corrected chi connectivity index (χ1v) is 11.6. The normalized spacial score (nSPS) is 14.4. The van der Waals surface area contributed by atoms with Crippen molar-refractivity contribution in [2.45, 2.75) is 50.2 Å². The van der Waals surface area contributed by atoms with E-state index < -0.39 is 4.92 Å². The number of hydrogen-bond donors (Lipinski definition) is 1. The first-order valence-electron chi connectivity index (χ1n) is 10.6. The number of para-hydroxylation sites is 1. The van der Waals surface area contributed by atoms with Crippen LogP contribution in [0.4, 0.5) is 11.4 Å². The average molecular weight is 453 g/mol. The van der Waals surface area contributed by atoms with Crippen molar-refractivity contribution in [2.75, 3.05) is 11.1 Å². The van der Waals surface area contributed by atoms with Crippen LogP contribution in [-0.2, 0) is 4.79 Å². The lowest BCUT2D eigenvalue weighted by molar-refractivity contribution is -0.384. The molecule has 2 aromatic carbocycles. The number of carbonyl (C=O) groups is 1. The fraction of sp³-hybridized carbons (Fsp3) is 0.348. The minimum absolute atomic E-state index is 0.0413. The minimum atomic E-state index is -0.494. The second kappa shape index (κ2) is 9.52. The molecule has 1 amide bonds. The van der Waals surface area contributed by atoms with E-state index in [0.29, 0.717) is 21.7 Å². The highest BCUT2D eigenvalue weighted by atomic mass is 32.2. The molecule has 0 spiro atoms. The van der Waals surface area contributed by atoms with E-state index in [9.17, 15) is 19.7 Å². The number of thioether (sulfide) groups is 1. The highest BCUT2D eigenvalue weighted by Crippen LogP contribution is 2.31. The SMILES string of the molecule is Cc1ccc([N+](=O)[O-])cc1NC(=O)CSc1nc2ccccc2c(=O)n1C1CCCCC1. The van der Waals surface area contributed by atoms with Crippen LogP contribution in [0.1, 0.15) is 43.7 Å². The molecule has 9 heteroatoms. The molecule has 3 aromatic rings. The molecule has 32 heavy (non-hydrogen) atoms. The predicted octanol–water partition coefficient (Wildman–Crippen LogP) is 4.85. The molecular formula is C23H24N4O4S. The topological polar surface area (TPSA) is 107 Å². The van der Waals surface area contributed by atoms with Gasteiger partial charge in [0.1, 0.15) is 0 Å². The summed E-state index contributed by atoms with van der Waals surface area (Å²) in [4.78, 5) is 41.2. The lowest BCUT2D eigenvalue weighted by atomic mass is 9.95. The number of amides is 1. The van der Waals surface area contributed by atoms with E-state index in [0.717, 1.165) is 31.2 Å². The fourth-order valence-corrected chi connectivity index (χ4v) is 4.93. The van der Waals surface area contributed by atoms with Gasteiger partial charge in [-0.3, -0.25) is 24.3 Å². The summed E-state index contributed by atoms with van der Waals surface area (Å²) in [6.07, 6.45) is 5.15. The second-order valence-electron chi connectivity index (χ2n) is 7.97. The van der Waals surface area contributed by atoms with Gasteiger partial charge in [0, 0.05) is 18.2 Å². The van der Waals surface area contributed by atoms with Gasteiger partial charge in [0.15, 0.2) is 5.16 Å². The Kier molecular flexibility index (Phi) is 6.55. The number of nitro benzene ring substituents is 1. The number of benzene rings is 2. The first-order chi connectivity index (χ1) is 15.4. The summed E-state index contributed by atoms with van der Waals surface area (Å²) >= 11 is 1.22. The van der Waals surface area contributed by atoms with Gasteiger partial charge in [0.05, 0.1) is 27.3 Å². The third kappa shape index (κ3) is 4.67. The van der Waals surface area contributed by atoms with Crippen molar-refractivity contribution in [3.8, 4) is 0 Å². The molecule has 8 nitrogen and oxygen atoms in total. The number of non-ortho nitro benzene ring substituents is 1. The molecule has 1 aliphatic rings. The molecule has 1 N–H and O–H groups in total. The zero-order valence-electron chi connectivity index (χ0n) is 17.7. The Morgan fingerprint density at radius 3 is 2.72 bits per heavy atom. The number of aromatic nitrogens is 2. The Morgan fingerprint density at radius 1 is 1.22 bits per heavy atom. The fourth-order valence-electron chi connectivity index (χ4n) is 4.06. The minimum Gasteiger partial charge on any atom is -0.325 e. The van der Waals surface area contributed by atoms with E-state index in [2.05, 4.69) is 5.32 Å². The number of nitrogens with one attached hydrogen (secondary N) is 1.